The van der Waals surface area contributed by atoms with Gasteiger partial charge >= 0.3 is 5.97 Å². The van der Waals surface area contributed by atoms with E-state index in [9.17, 15) is 4.79 Å². The lowest BCUT2D eigenvalue weighted by Crippen LogP contribution is -2.07. The number of furan rings is 1. The number of hydrogen-bond acceptors (Lipinski definition) is 3. The fourth-order valence-corrected chi connectivity index (χ4v) is 2.19. The fraction of sp³-hybridized carbons (Fsp3) is 0.385. The molecule has 0 atom stereocenters. The summed E-state index contributed by atoms with van der Waals surface area (Å²) in [5, 5.41) is 13.4. The van der Waals surface area contributed by atoms with Gasteiger partial charge in [-0.2, -0.15) is 5.10 Å². The molecule has 2 aromatic heterocycles. The van der Waals surface area contributed by atoms with Crippen molar-refractivity contribution in [3.63, 3.8) is 0 Å². The number of carbonyl (C=O) groups is 1. The highest BCUT2D eigenvalue weighted by molar-refractivity contribution is 5.88. The van der Waals surface area contributed by atoms with Crippen LogP contribution in [0.1, 0.15) is 40.0 Å². The minimum absolute atomic E-state index is 0.195. The molecule has 2 rings (SSSR count). The van der Waals surface area contributed by atoms with Crippen LogP contribution in [0.3, 0.4) is 0 Å². The zero-order chi connectivity index (χ0) is 13.3. The summed E-state index contributed by atoms with van der Waals surface area (Å²) in [7, 11) is 0. The van der Waals surface area contributed by atoms with Crippen LogP contribution in [0.25, 0.3) is 0 Å². The van der Waals surface area contributed by atoms with Gasteiger partial charge in [0.15, 0.2) is 0 Å². The highest BCUT2D eigenvalue weighted by Crippen LogP contribution is 2.17. The summed E-state index contributed by atoms with van der Waals surface area (Å²) >= 11 is 0. The Morgan fingerprint density at radius 3 is 2.78 bits per heavy atom. The quantitative estimate of drug-likeness (QED) is 0.902. The third-order valence-corrected chi connectivity index (χ3v) is 3.15. The molecule has 0 aliphatic carbocycles. The maximum absolute atomic E-state index is 11.0. The van der Waals surface area contributed by atoms with E-state index in [2.05, 4.69) is 12.0 Å². The van der Waals surface area contributed by atoms with E-state index in [1.54, 1.807) is 4.68 Å². The average Bonchev–Trinajstić information content (AvgIpc) is 2.86. The molecule has 0 radical (unpaired) electrons. The fourth-order valence-electron chi connectivity index (χ4n) is 2.19. The Hall–Kier alpha value is -2.04. The molecule has 0 saturated carbocycles. The second kappa shape index (κ2) is 4.68. The van der Waals surface area contributed by atoms with Crippen molar-refractivity contribution < 1.29 is 14.3 Å². The van der Waals surface area contributed by atoms with Crippen LogP contribution < -0.4 is 0 Å². The Labute approximate surface area is 105 Å². The summed E-state index contributed by atoms with van der Waals surface area (Å²) in [6.07, 6.45) is 2.31. The summed E-state index contributed by atoms with van der Waals surface area (Å²) in [6, 6.07) is 1.46. The molecule has 18 heavy (non-hydrogen) atoms. The molecule has 5 heteroatoms. The lowest BCUT2D eigenvalue weighted by molar-refractivity contribution is 0.0694. The molecule has 0 aromatic carbocycles. The molecule has 0 aliphatic rings. The smallest absolute Gasteiger partial charge is 0.339 e. The third kappa shape index (κ3) is 2.03. The van der Waals surface area contributed by atoms with Gasteiger partial charge < -0.3 is 9.52 Å². The minimum atomic E-state index is -0.976. The first-order valence-corrected chi connectivity index (χ1v) is 5.87. The number of carboxylic acid groups (broad SMARTS) is 1. The van der Waals surface area contributed by atoms with Crippen LogP contribution in [-0.4, -0.2) is 20.9 Å². The van der Waals surface area contributed by atoms with Crippen LogP contribution in [-0.2, 0) is 13.0 Å². The van der Waals surface area contributed by atoms with Gasteiger partial charge in [0.2, 0.25) is 0 Å². The molecule has 2 heterocycles. The summed E-state index contributed by atoms with van der Waals surface area (Å²) < 4.78 is 7.02. The Balaban J connectivity index is 2.34. The molecule has 0 fully saturated rings. The number of aromatic carboxylic acids is 1. The second-order valence-electron chi connectivity index (χ2n) is 4.22. The highest BCUT2D eigenvalue weighted by atomic mass is 16.4. The standard InChI is InChI=1S/C13H16N2O3/c1-4-10-8(2)14-15(9(10)3)7-12-11(13(16)17)5-6-18-12/h5-6H,4,7H2,1-3H3,(H,16,17). The topological polar surface area (TPSA) is 68.3 Å². The predicted octanol–water partition coefficient (Wildman–Crippen LogP) is 2.40. The predicted molar refractivity (Wildman–Crippen MR) is 65.8 cm³/mol. The summed E-state index contributed by atoms with van der Waals surface area (Å²) in [5.41, 5.74) is 3.44. The van der Waals surface area contributed by atoms with Gasteiger partial charge in [-0.1, -0.05) is 6.92 Å². The SMILES string of the molecule is CCc1c(C)nn(Cc2occc2C(=O)O)c1C. The van der Waals surface area contributed by atoms with E-state index >= 15 is 0 Å². The van der Waals surface area contributed by atoms with Crippen molar-refractivity contribution in [2.45, 2.75) is 33.7 Å². The van der Waals surface area contributed by atoms with Gasteiger partial charge in [-0.3, -0.25) is 4.68 Å². The van der Waals surface area contributed by atoms with E-state index in [1.807, 2.05) is 13.8 Å². The average molecular weight is 248 g/mol. The number of carboxylic acids is 1. The molecule has 0 unspecified atom stereocenters. The molecule has 0 saturated heterocycles. The van der Waals surface area contributed by atoms with Crippen LogP contribution in [0, 0.1) is 13.8 Å². The monoisotopic (exact) mass is 248 g/mol. The van der Waals surface area contributed by atoms with Crippen LogP contribution in [0.15, 0.2) is 16.7 Å². The first-order chi connectivity index (χ1) is 8.54. The van der Waals surface area contributed by atoms with Gasteiger partial charge in [0.1, 0.15) is 17.9 Å². The van der Waals surface area contributed by atoms with Crippen LogP contribution >= 0.6 is 0 Å². The lowest BCUT2D eigenvalue weighted by Gasteiger charge is -2.03. The molecule has 2 aromatic rings. The Bertz CT molecular complexity index is 581. The number of rotatable bonds is 4. The zero-order valence-corrected chi connectivity index (χ0v) is 10.7. The third-order valence-electron chi connectivity index (χ3n) is 3.15. The highest BCUT2D eigenvalue weighted by Gasteiger charge is 2.16. The van der Waals surface area contributed by atoms with Gasteiger partial charge in [0.05, 0.1) is 12.0 Å². The molecule has 0 spiro atoms. The molecule has 1 N–H and O–H groups in total. The molecule has 0 amide bonds. The Morgan fingerprint density at radius 1 is 1.50 bits per heavy atom. The van der Waals surface area contributed by atoms with Gasteiger partial charge in [-0.05, 0) is 31.9 Å². The molecular formula is C13H16N2O3. The van der Waals surface area contributed by atoms with Crippen molar-refractivity contribution in [3.8, 4) is 0 Å². The summed E-state index contributed by atoms with van der Waals surface area (Å²) in [6.45, 7) is 6.38. The molecule has 0 aliphatic heterocycles. The number of nitrogens with zero attached hydrogens (tertiary/aromatic N) is 2. The second-order valence-corrected chi connectivity index (χ2v) is 4.22. The van der Waals surface area contributed by atoms with Crippen molar-refractivity contribution in [1.82, 2.24) is 9.78 Å². The van der Waals surface area contributed by atoms with Crippen molar-refractivity contribution in [1.29, 1.82) is 0 Å². The Kier molecular flexibility index (Phi) is 3.23. The first kappa shape index (κ1) is 12.4. The van der Waals surface area contributed by atoms with Crippen LogP contribution in [0.2, 0.25) is 0 Å². The van der Waals surface area contributed by atoms with Crippen molar-refractivity contribution >= 4 is 5.97 Å². The van der Waals surface area contributed by atoms with E-state index < -0.39 is 5.97 Å². The number of aryl methyl sites for hydroxylation is 1. The first-order valence-electron chi connectivity index (χ1n) is 5.87. The molecule has 96 valence electrons. The largest absolute Gasteiger partial charge is 0.478 e. The minimum Gasteiger partial charge on any atom is -0.478 e. The van der Waals surface area contributed by atoms with Gasteiger partial charge in [0, 0.05) is 5.69 Å². The van der Waals surface area contributed by atoms with E-state index in [1.165, 1.54) is 17.9 Å². The zero-order valence-electron chi connectivity index (χ0n) is 10.7. The lowest BCUT2D eigenvalue weighted by atomic mass is 10.1. The van der Waals surface area contributed by atoms with Crippen molar-refractivity contribution in [2.75, 3.05) is 0 Å². The van der Waals surface area contributed by atoms with Gasteiger partial charge in [-0.25, -0.2) is 4.79 Å². The van der Waals surface area contributed by atoms with Gasteiger partial charge in [0.25, 0.3) is 0 Å². The number of hydrogen-bond donors (Lipinski definition) is 1. The molecular weight excluding hydrogens is 232 g/mol. The number of aromatic nitrogens is 2. The van der Waals surface area contributed by atoms with Crippen LogP contribution in [0.4, 0.5) is 0 Å². The van der Waals surface area contributed by atoms with Gasteiger partial charge in [-0.15, -0.1) is 0 Å². The van der Waals surface area contributed by atoms with E-state index in [0.29, 0.717) is 12.3 Å². The maximum atomic E-state index is 11.0. The van der Waals surface area contributed by atoms with Crippen LogP contribution in [0.5, 0.6) is 0 Å². The summed E-state index contributed by atoms with van der Waals surface area (Å²) in [5.74, 6) is -0.549. The van der Waals surface area contributed by atoms with E-state index in [0.717, 1.165) is 17.8 Å². The van der Waals surface area contributed by atoms with Crippen molar-refractivity contribution in [3.05, 3.63) is 40.6 Å². The molecule has 5 nitrogen and oxygen atoms in total. The van der Waals surface area contributed by atoms with Crippen molar-refractivity contribution in [2.24, 2.45) is 0 Å². The van der Waals surface area contributed by atoms with E-state index in [4.69, 9.17) is 9.52 Å². The van der Waals surface area contributed by atoms with E-state index in [-0.39, 0.29) is 5.56 Å². The Morgan fingerprint density at radius 2 is 2.22 bits per heavy atom. The summed E-state index contributed by atoms with van der Waals surface area (Å²) in [4.78, 5) is 11.0. The maximum Gasteiger partial charge on any atom is 0.339 e. The molecule has 0 bridgehead atoms. The normalized spacial score (nSPS) is 10.8.